The van der Waals surface area contributed by atoms with Crippen LogP contribution < -0.4 is 10.2 Å². The molecule has 1 N–H and O–H groups in total. The van der Waals surface area contributed by atoms with Crippen LogP contribution in [0.3, 0.4) is 0 Å². The molecule has 0 aliphatic rings. The van der Waals surface area contributed by atoms with Crippen molar-refractivity contribution in [1.82, 2.24) is 5.32 Å². The Bertz CT molecular complexity index is 656. The molecule has 23 heavy (non-hydrogen) atoms. The van der Waals surface area contributed by atoms with Crippen molar-refractivity contribution in [2.45, 2.75) is 6.10 Å². The number of hydrogen-bond acceptors (Lipinski definition) is 3. The molecule has 0 aromatic heterocycles. The molecular weight excluding hydrogens is 295 g/mol. The van der Waals surface area contributed by atoms with Crippen LogP contribution in [0.4, 0.5) is 10.1 Å². The summed E-state index contributed by atoms with van der Waals surface area (Å²) in [4.78, 5) is 14.2. The third kappa shape index (κ3) is 4.53. The first-order valence-corrected chi connectivity index (χ1v) is 7.35. The van der Waals surface area contributed by atoms with E-state index in [9.17, 15) is 9.18 Å². The van der Waals surface area contributed by atoms with E-state index in [1.165, 1.54) is 19.2 Å². The number of nitrogens with one attached hydrogen (secondary N) is 1. The molecule has 122 valence electrons. The molecule has 0 fully saturated rings. The van der Waals surface area contributed by atoms with E-state index < -0.39 is 6.10 Å². The molecule has 0 saturated carbocycles. The van der Waals surface area contributed by atoms with Crippen LogP contribution in [0.25, 0.3) is 0 Å². The van der Waals surface area contributed by atoms with E-state index in [-0.39, 0.29) is 18.3 Å². The van der Waals surface area contributed by atoms with Crippen LogP contribution >= 0.6 is 0 Å². The summed E-state index contributed by atoms with van der Waals surface area (Å²) < 4.78 is 18.6. The lowest BCUT2D eigenvalue weighted by molar-refractivity contribution is 0.0827. The van der Waals surface area contributed by atoms with E-state index in [0.29, 0.717) is 11.1 Å². The minimum Gasteiger partial charge on any atom is -0.378 e. The van der Waals surface area contributed by atoms with Crippen molar-refractivity contribution in [3.05, 3.63) is 65.5 Å². The number of amides is 1. The molecule has 0 aliphatic heterocycles. The molecule has 0 saturated heterocycles. The molecule has 0 spiro atoms. The molecule has 4 nitrogen and oxygen atoms in total. The van der Waals surface area contributed by atoms with Gasteiger partial charge in [-0.3, -0.25) is 4.79 Å². The van der Waals surface area contributed by atoms with Crippen LogP contribution in [0.1, 0.15) is 22.0 Å². The first kappa shape index (κ1) is 17.0. The zero-order valence-electron chi connectivity index (χ0n) is 13.5. The summed E-state index contributed by atoms with van der Waals surface area (Å²) >= 11 is 0. The molecule has 2 aromatic rings. The Morgan fingerprint density at radius 1 is 1.22 bits per heavy atom. The van der Waals surface area contributed by atoms with E-state index >= 15 is 0 Å². The average Bonchev–Trinajstić information content (AvgIpc) is 2.55. The van der Waals surface area contributed by atoms with Crippen molar-refractivity contribution in [2.24, 2.45) is 0 Å². The van der Waals surface area contributed by atoms with E-state index in [4.69, 9.17) is 4.74 Å². The number of methoxy groups -OCH3 is 1. The molecule has 1 amide bonds. The molecular formula is C18H21FN2O2. The molecule has 2 aromatic carbocycles. The van der Waals surface area contributed by atoms with Gasteiger partial charge in [0.05, 0.1) is 6.10 Å². The fourth-order valence-corrected chi connectivity index (χ4v) is 2.24. The Balaban J connectivity index is 1.99. The Morgan fingerprint density at radius 2 is 1.91 bits per heavy atom. The molecule has 0 radical (unpaired) electrons. The third-order valence-electron chi connectivity index (χ3n) is 3.60. The number of anilines is 1. The molecule has 2 rings (SSSR count). The van der Waals surface area contributed by atoms with E-state index in [1.807, 2.05) is 31.1 Å². The monoisotopic (exact) mass is 316 g/mol. The predicted molar refractivity (Wildman–Crippen MR) is 89.3 cm³/mol. The van der Waals surface area contributed by atoms with Crippen molar-refractivity contribution in [1.29, 1.82) is 0 Å². The normalized spacial score (nSPS) is 11.8. The highest BCUT2D eigenvalue weighted by Crippen LogP contribution is 2.17. The Morgan fingerprint density at radius 3 is 2.48 bits per heavy atom. The summed E-state index contributed by atoms with van der Waals surface area (Å²) in [6.45, 7) is 0.272. The van der Waals surface area contributed by atoms with Crippen molar-refractivity contribution in [3.8, 4) is 0 Å². The van der Waals surface area contributed by atoms with Crippen LogP contribution in [0.15, 0.2) is 48.5 Å². The third-order valence-corrected chi connectivity index (χ3v) is 3.60. The van der Waals surface area contributed by atoms with Gasteiger partial charge in [0.2, 0.25) is 0 Å². The zero-order chi connectivity index (χ0) is 16.8. The van der Waals surface area contributed by atoms with Gasteiger partial charge in [-0.15, -0.1) is 0 Å². The minimum absolute atomic E-state index is 0.186. The molecule has 1 unspecified atom stereocenters. The van der Waals surface area contributed by atoms with Gasteiger partial charge in [-0.1, -0.05) is 12.1 Å². The zero-order valence-corrected chi connectivity index (χ0v) is 13.5. The first-order valence-electron chi connectivity index (χ1n) is 7.35. The first-order chi connectivity index (χ1) is 11.0. The van der Waals surface area contributed by atoms with Crippen LogP contribution in [-0.2, 0) is 4.74 Å². The predicted octanol–water partition coefficient (Wildman–Crippen LogP) is 3.01. The second-order valence-corrected chi connectivity index (χ2v) is 5.43. The molecule has 0 aliphatic carbocycles. The molecule has 0 heterocycles. The second-order valence-electron chi connectivity index (χ2n) is 5.43. The van der Waals surface area contributed by atoms with Crippen molar-refractivity contribution in [2.75, 3.05) is 32.6 Å². The van der Waals surface area contributed by atoms with Crippen LogP contribution in [0.2, 0.25) is 0 Å². The number of rotatable bonds is 6. The van der Waals surface area contributed by atoms with Gasteiger partial charge in [0.1, 0.15) is 5.82 Å². The van der Waals surface area contributed by atoms with Gasteiger partial charge in [-0.2, -0.15) is 0 Å². The second kappa shape index (κ2) is 7.74. The quantitative estimate of drug-likeness (QED) is 0.891. The molecule has 5 heteroatoms. The van der Waals surface area contributed by atoms with E-state index in [0.717, 1.165) is 5.69 Å². The van der Waals surface area contributed by atoms with Crippen molar-refractivity contribution >= 4 is 11.6 Å². The standard InChI is InChI=1S/C18H21FN2O2/c1-21(2)16-9-7-13(8-10-16)18(22)20-12-17(23-3)14-5-4-6-15(19)11-14/h4-11,17H,12H2,1-3H3,(H,20,22). The largest absolute Gasteiger partial charge is 0.378 e. The average molecular weight is 316 g/mol. The highest BCUT2D eigenvalue weighted by Gasteiger charge is 2.13. The van der Waals surface area contributed by atoms with Crippen molar-refractivity contribution < 1.29 is 13.9 Å². The minimum atomic E-state index is -0.393. The lowest BCUT2D eigenvalue weighted by Crippen LogP contribution is -2.29. The summed E-state index contributed by atoms with van der Waals surface area (Å²) in [5.74, 6) is -0.510. The van der Waals surface area contributed by atoms with Gasteiger partial charge in [-0.25, -0.2) is 4.39 Å². The van der Waals surface area contributed by atoms with Gasteiger partial charge in [0.25, 0.3) is 5.91 Å². The van der Waals surface area contributed by atoms with Gasteiger partial charge >= 0.3 is 0 Å². The Hall–Kier alpha value is -2.40. The Kier molecular flexibility index (Phi) is 5.71. The lowest BCUT2D eigenvalue weighted by atomic mass is 10.1. The molecule has 1 atom stereocenters. The fourth-order valence-electron chi connectivity index (χ4n) is 2.24. The van der Waals surface area contributed by atoms with E-state index in [2.05, 4.69) is 5.32 Å². The number of halogens is 1. The lowest BCUT2D eigenvalue weighted by Gasteiger charge is -2.17. The maximum atomic E-state index is 13.3. The smallest absolute Gasteiger partial charge is 0.251 e. The number of carbonyl (C=O) groups is 1. The highest BCUT2D eigenvalue weighted by atomic mass is 19.1. The van der Waals surface area contributed by atoms with E-state index in [1.54, 1.807) is 24.3 Å². The summed E-state index contributed by atoms with van der Waals surface area (Å²) in [5.41, 5.74) is 2.29. The van der Waals surface area contributed by atoms with Gasteiger partial charge in [0, 0.05) is 39.0 Å². The topological polar surface area (TPSA) is 41.6 Å². The van der Waals surface area contributed by atoms with Crippen molar-refractivity contribution in [3.63, 3.8) is 0 Å². The molecule has 0 bridgehead atoms. The number of hydrogen-bond donors (Lipinski definition) is 1. The van der Waals surface area contributed by atoms with Crippen LogP contribution in [-0.4, -0.2) is 33.7 Å². The fraction of sp³-hybridized carbons (Fsp3) is 0.278. The maximum absolute atomic E-state index is 13.3. The summed E-state index contributed by atoms with van der Waals surface area (Å²) in [6, 6.07) is 13.5. The number of benzene rings is 2. The summed E-state index contributed by atoms with van der Waals surface area (Å²) in [5, 5.41) is 2.82. The van der Waals surface area contributed by atoms with Gasteiger partial charge in [-0.05, 0) is 42.0 Å². The van der Waals surface area contributed by atoms with Crippen LogP contribution in [0.5, 0.6) is 0 Å². The summed E-state index contributed by atoms with van der Waals surface area (Å²) in [6.07, 6.45) is -0.393. The number of nitrogens with zero attached hydrogens (tertiary/aromatic N) is 1. The number of ether oxygens (including phenoxy) is 1. The van der Waals surface area contributed by atoms with Gasteiger partial charge in [0.15, 0.2) is 0 Å². The van der Waals surface area contributed by atoms with Crippen LogP contribution in [0, 0.1) is 5.82 Å². The Labute approximate surface area is 135 Å². The highest BCUT2D eigenvalue weighted by molar-refractivity contribution is 5.94. The maximum Gasteiger partial charge on any atom is 0.251 e. The van der Waals surface area contributed by atoms with Gasteiger partial charge < -0.3 is 15.0 Å². The number of carbonyl (C=O) groups excluding carboxylic acids is 1. The SMILES string of the molecule is COC(CNC(=O)c1ccc(N(C)C)cc1)c1cccc(F)c1. The summed E-state index contributed by atoms with van der Waals surface area (Å²) in [7, 11) is 5.42.